The van der Waals surface area contributed by atoms with Gasteiger partial charge in [0.1, 0.15) is 11.3 Å². The first-order chi connectivity index (χ1) is 13.1. The van der Waals surface area contributed by atoms with E-state index in [9.17, 15) is 19.2 Å². The third-order valence-corrected chi connectivity index (χ3v) is 2.99. The third kappa shape index (κ3) is 7.36. The van der Waals surface area contributed by atoms with Gasteiger partial charge < -0.3 is 19.5 Å². The van der Waals surface area contributed by atoms with E-state index in [0.717, 1.165) is 20.3 Å². The molecule has 0 atom stereocenters. The number of para-hydroxylation sites is 1. The Morgan fingerprint density at radius 3 is 2.18 bits per heavy atom. The number of hydrogen-bond donors (Lipinski definition) is 3. The second kappa shape index (κ2) is 9.95. The zero-order valence-corrected chi connectivity index (χ0v) is 16.2. The second-order valence-electron chi connectivity index (χ2n) is 6.32. The largest absolute Gasteiger partial charge is 0.466 e. The van der Waals surface area contributed by atoms with Crippen molar-refractivity contribution in [1.29, 1.82) is 0 Å². The van der Waals surface area contributed by atoms with E-state index in [2.05, 4.69) is 25.6 Å². The van der Waals surface area contributed by atoms with Crippen LogP contribution in [0.15, 0.2) is 36.0 Å². The summed E-state index contributed by atoms with van der Waals surface area (Å²) in [5, 5.41) is 2.65. The van der Waals surface area contributed by atoms with E-state index in [-0.39, 0.29) is 16.9 Å². The highest BCUT2D eigenvalue weighted by Gasteiger charge is 2.19. The number of esters is 2. The lowest BCUT2D eigenvalue weighted by atomic mass is 10.1. The molecule has 0 aliphatic heterocycles. The van der Waals surface area contributed by atoms with Gasteiger partial charge in [0.15, 0.2) is 0 Å². The molecule has 10 heteroatoms. The standard InChI is InChI=1S/C18H23N3O7/c1-18(2,3)28-17(25)21-20-15(23)11-8-6-7-9-12(11)19-13(16(24)27-5)10-14(22)26-4/h6-10,19H,1-5H3,(H,20,23)(H,21,25)/b13-10+. The molecule has 0 radical (unpaired) electrons. The molecule has 0 aliphatic carbocycles. The molecular formula is C18H23N3O7. The summed E-state index contributed by atoms with van der Waals surface area (Å²) in [4.78, 5) is 47.4. The maximum absolute atomic E-state index is 12.4. The molecular weight excluding hydrogens is 370 g/mol. The Balaban J connectivity index is 2.98. The maximum Gasteiger partial charge on any atom is 0.426 e. The molecule has 0 unspecified atom stereocenters. The van der Waals surface area contributed by atoms with Gasteiger partial charge in [0.05, 0.1) is 31.5 Å². The number of carbonyl (C=O) groups excluding carboxylic acids is 4. The Kier molecular flexibility index (Phi) is 7.99. The minimum absolute atomic E-state index is 0.0817. The van der Waals surface area contributed by atoms with Gasteiger partial charge in [-0.15, -0.1) is 0 Å². The van der Waals surface area contributed by atoms with E-state index in [0.29, 0.717) is 0 Å². The van der Waals surface area contributed by atoms with Crippen LogP contribution in [0.2, 0.25) is 0 Å². The normalized spacial score (nSPS) is 11.1. The van der Waals surface area contributed by atoms with Crippen molar-refractivity contribution in [3.8, 4) is 0 Å². The number of hydrazine groups is 1. The highest BCUT2D eigenvalue weighted by molar-refractivity contribution is 6.03. The van der Waals surface area contributed by atoms with Crippen LogP contribution in [0.4, 0.5) is 10.5 Å². The lowest BCUT2D eigenvalue weighted by molar-refractivity contribution is -0.138. The molecule has 1 aromatic rings. The smallest absolute Gasteiger partial charge is 0.426 e. The first kappa shape index (κ1) is 22.5. The summed E-state index contributed by atoms with van der Waals surface area (Å²) in [5.74, 6) is -2.31. The summed E-state index contributed by atoms with van der Waals surface area (Å²) < 4.78 is 14.1. The molecule has 1 aromatic carbocycles. The van der Waals surface area contributed by atoms with Crippen LogP contribution >= 0.6 is 0 Å². The number of nitrogens with one attached hydrogen (secondary N) is 3. The van der Waals surface area contributed by atoms with Gasteiger partial charge >= 0.3 is 18.0 Å². The molecule has 28 heavy (non-hydrogen) atoms. The SMILES string of the molecule is COC(=O)/C=C(/Nc1ccccc1C(=O)NNC(=O)OC(C)(C)C)C(=O)OC. The first-order valence-corrected chi connectivity index (χ1v) is 8.10. The van der Waals surface area contributed by atoms with E-state index in [1.165, 1.54) is 12.1 Å². The van der Waals surface area contributed by atoms with E-state index < -0.39 is 29.5 Å². The van der Waals surface area contributed by atoms with Crippen LogP contribution in [-0.2, 0) is 23.8 Å². The molecule has 0 spiro atoms. The summed E-state index contributed by atoms with van der Waals surface area (Å²) in [5.41, 5.74) is 3.62. The number of ether oxygens (including phenoxy) is 3. The number of rotatable bonds is 5. The van der Waals surface area contributed by atoms with Crippen molar-refractivity contribution in [2.45, 2.75) is 26.4 Å². The average Bonchev–Trinajstić information content (AvgIpc) is 2.63. The van der Waals surface area contributed by atoms with Gasteiger partial charge in [-0.05, 0) is 32.9 Å². The Morgan fingerprint density at radius 1 is 0.964 bits per heavy atom. The Hall–Kier alpha value is -3.56. The van der Waals surface area contributed by atoms with Crippen molar-refractivity contribution in [2.75, 3.05) is 19.5 Å². The minimum Gasteiger partial charge on any atom is -0.466 e. The maximum atomic E-state index is 12.4. The van der Waals surface area contributed by atoms with Crippen molar-refractivity contribution in [3.05, 3.63) is 41.6 Å². The summed E-state index contributed by atoms with van der Waals surface area (Å²) in [6.45, 7) is 5.03. The van der Waals surface area contributed by atoms with E-state index in [1.54, 1.807) is 32.9 Å². The predicted octanol–water partition coefficient (Wildman–Crippen LogP) is 1.50. The Labute approximate surface area is 162 Å². The lowest BCUT2D eigenvalue weighted by Gasteiger charge is -2.20. The summed E-state index contributed by atoms with van der Waals surface area (Å²) >= 11 is 0. The van der Waals surface area contributed by atoms with Crippen LogP contribution in [0.25, 0.3) is 0 Å². The van der Waals surface area contributed by atoms with Crippen molar-refractivity contribution >= 4 is 29.6 Å². The summed E-state index contributed by atoms with van der Waals surface area (Å²) in [7, 11) is 2.29. The Morgan fingerprint density at radius 2 is 1.61 bits per heavy atom. The fraction of sp³-hybridized carbons (Fsp3) is 0.333. The molecule has 0 heterocycles. The van der Waals surface area contributed by atoms with Crippen molar-refractivity contribution in [2.24, 2.45) is 0 Å². The van der Waals surface area contributed by atoms with Gasteiger partial charge in [0.25, 0.3) is 5.91 Å². The monoisotopic (exact) mass is 393 g/mol. The van der Waals surface area contributed by atoms with Crippen LogP contribution < -0.4 is 16.2 Å². The molecule has 152 valence electrons. The zero-order chi connectivity index (χ0) is 21.3. The molecule has 0 saturated heterocycles. The van der Waals surface area contributed by atoms with Gasteiger partial charge in [0, 0.05) is 0 Å². The highest BCUT2D eigenvalue weighted by atomic mass is 16.6. The first-order valence-electron chi connectivity index (χ1n) is 8.10. The van der Waals surface area contributed by atoms with E-state index >= 15 is 0 Å². The fourth-order valence-electron chi connectivity index (χ4n) is 1.85. The molecule has 10 nitrogen and oxygen atoms in total. The van der Waals surface area contributed by atoms with Gasteiger partial charge in [0.2, 0.25) is 0 Å². The summed E-state index contributed by atoms with van der Waals surface area (Å²) in [6, 6.07) is 6.13. The topological polar surface area (TPSA) is 132 Å². The molecule has 0 saturated carbocycles. The van der Waals surface area contributed by atoms with Crippen LogP contribution in [-0.4, -0.2) is 43.8 Å². The van der Waals surface area contributed by atoms with Crippen molar-refractivity contribution < 1.29 is 33.4 Å². The number of amides is 2. The number of anilines is 1. The molecule has 0 fully saturated rings. The van der Waals surface area contributed by atoms with Crippen LogP contribution in [0.5, 0.6) is 0 Å². The zero-order valence-electron chi connectivity index (χ0n) is 16.2. The molecule has 0 aromatic heterocycles. The molecule has 3 N–H and O–H groups in total. The van der Waals surface area contributed by atoms with Gasteiger partial charge in [-0.2, -0.15) is 0 Å². The highest BCUT2D eigenvalue weighted by Crippen LogP contribution is 2.17. The molecule has 1 rings (SSSR count). The van der Waals surface area contributed by atoms with Gasteiger partial charge in [-0.1, -0.05) is 12.1 Å². The fourth-order valence-corrected chi connectivity index (χ4v) is 1.85. The van der Waals surface area contributed by atoms with Crippen LogP contribution in [0.3, 0.4) is 0 Å². The Bertz CT molecular complexity index is 782. The van der Waals surface area contributed by atoms with Crippen LogP contribution in [0, 0.1) is 0 Å². The third-order valence-electron chi connectivity index (χ3n) is 2.99. The lowest BCUT2D eigenvalue weighted by Crippen LogP contribution is -2.44. The minimum atomic E-state index is -0.841. The predicted molar refractivity (Wildman–Crippen MR) is 99.0 cm³/mol. The average molecular weight is 393 g/mol. The van der Waals surface area contributed by atoms with Crippen molar-refractivity contribution in [3.63, 3.8) is 0 Å². The van der Waals surface area contributed by atoms with Crippen molar-refractivity contribution in [1.82, 2.24) is 10.9 Å². The number of methoxy groups -OCH3 is 2. The molecule has 0 aliphatic rings. The molecule has 0 bridgehead atoms. The van der Waals surface area contributed by atoms with Gasteiger partial charge in [-0.3, -0.25) is 10.2 Å². The second-order valence-corrected chi connectivity index (χ2v) is 6.32. The van der Waals surface area contributed by atoms with E-state index in [1.807, 2.05) is 0 Å². The number of benzene rings is 1. The van der Waals surface area contributed by atoms with Gasteiger partial charge in [-0.25, -0.2) is 19.8 Å². The number of hydrogen-bond acceptors (Lipinski definition) is 8. The number of carbonyl (C=O) groups is 4. The molecule has 2 amide bonds. The van der Waals surface area contributed by atoms with E-state index in [4.69, 9.17) is 4.74 Å². The quantitative estimate of drug-likeness (QED) is 0.297. The van der Waals surface area contributed by atoms with Crippen LogP contribution in [0.1, 0.15) is 31.1 Å². The summed E-state index contributed by atoms with van der Waals surface area (Å²) in [6.07, 6.45) is 0.0477.